The van der Waals surface area contributed by atoms with E-state index in [0.29, 0.717) is 0 Å². The Balaban J connectivity index is 1.95. The van der Waals surface area contributed by atoms with Gasteiger partial charge in [0.05, 0.1) is 6.61 Å². The molecule has 0 fully saturated rings. The van der Waals surface area contributed by atoms with Crippen molar-refractivity contribution in [3.63, 3.8) is 0 Å². The molecule has 1 aromatic carbocycles. The second kappa shape index (κ2) is 9.52. The number of unbranched alkanes of at least 4 members (excludes halogenated alkanes) is 5. The van der Waals surface area contributed by atoms with E-state index in [1.807, 2.05) is 12.1 Å². The second-order valence-electron chi connectivity index (χ2n) is 4.47. The summed E-state index contributed by atoms with van der Waals surface area (Å²) in [5, 5.41) is 1.14. The molecule has 0 aliphatic heterocycles. The molecule has 96 valence electrons. The number of hydrogen-bond acceptors (Lipinski definition) is 1. The summed E-state index contributed by atoms with van der Waals surface area (Å²) in [5.74, 6) is 0.995. The Morgan fingerprint density at radius 1 is 0.882 bits per heavy atom. The highest BCUT2D eigenvalue weighted by molar-refractivity contribution is 9.09. The van der Waals surface area contributed by atoms with Gasteiger partial charge in [-0.05, 0) is 31.9 Å². The molecule has 1 rings (SSSR count). The first kappa shape index (κ1) is 14.6. The van der Waals surface area contributed by atoms with Crippen molar-refractivity contribution in [3.05, 3.63) is 29.8 Å². The molecular formula is C15H23BrO. The molecule has 0 aliphatic rings. The lowest BCUT2D eigenvalue weighted by Crippen LogP contribution is -1.97. The smallest absolute Gasteiger partial charge is 0.119 e. The lowest BCUT2D eigenvalue weighted by molar-refractivity contribution is 0.304. The molecule has 1 nitrogen and oxygen atoms in total. The summed E-state index contributed by atoms with van der Waals surface area (Å²) in [4.78, 5) is 0. The SMILES string of the molecule is Cc1ccc(OCCCCCCCCBr)cc1. The van der Waals surface area contributed by atoms with Crippen LogP contribution in [0.3, 0.4) is 0 Å². The molecule has 0 radical (unpaired) electrons. The van der Waals surface area contributed by atoms with Gasteiger partial charge < -0.3 is 4.74 Å². The van der Waals surface area contributed by atoms with Crippen LogP contribution in [0.4, 0.5) is 0 Å². The van der Waals surface area contributed by atoms with Gasteiger partial charge in [-0.2, -0.15) is 0 Å². The Morgan fingerprint density at radius 2 is 1.47 bits per heavy atom. The van der Waals surface area contributed by atoms with E-state index < -0.39 is 0 Å². The van der Waals surface area contributed by atoms with Crippen molar-refractivity contribution in [2.24, 2.45) is 0 Å². The normalized spacial score (nSPS) is 10.5. The average Bonchev–Trinajstić information content (AvgIpc) is 2.35. The Kier molecular flexibility index (Phi) is 8.16. The van der Waals surface area contributed by atoms with Crippen LogP contribution < -0.4 is 4.74 Å². The Labute approximate surface area is 114 Å². The van der Waals surface area contributed by atoms with Crippen LogP contribution in [0.1, 0.15) is 44.1 Å². The fourth-order valence-electron chi connectivity index (χ4n) is 1.73. The Bertz CT molecular complexity index is 281. The van der Waals surface area contributed by atoms with Crippen molar-refractivity contribution in [1.29, 1.82) is 0 Å². The van der Waals surface area contributed by atoms with Crippen molar-refractivity contribution < 1.29 is 4.74 Å². The number of aryl methyl sites for hydroxylation is 1. The van der Waals surface area contributed by atoms with Crippen LogP contribution in [-0.2, 0) is 0 Å². The number of alkyl halides is 1. The molecule has 0 saturated carbocycles. The van der Waals surface area contributed by atoms with Crippen molar-refractivity contribution in [1.82, 2.24) is 0 Å². The minimum Gasteiger partial charge on any atom is -0.494 e. The molecule has 0 atom stereocenters. The number of halogens is 1. The molecule has 0 saturated heterocycles. The van der Waals surface area contributed by atoms with Crippen molar-refractivity contribution in [3.8, 4) is 5.75 Å². The summed E-state index contributed by atoms with van der Waals surface area (Å²) in [6.07, 6.45) is 7.81. The molecule has 2 heteroatoms. The van der Waals surface area contributed by atoms with E-state index in [-0.39, 0.29) is 0 Å². The van der Waals surface area contributed by atoms with Gasteiger partial charge >= 0.3 is 0 Å². The van der Waals surface area contributed by atoms with Crippen molar-refractivity contribution in [2.75, 3.05) is 11.9 Å². The van der Waals surface area contributed by atoms with E-state index in [9.17, 15) is 0 Å². The van der Waals surface area contributed by atoms with Crippen molar-refractivity contribution >= 4 is 15.9 Å². The first-order valence-electron chi connectivity index (χ1n) is 6.58. The number of ether oxygens (including phenoxy) is 1. The highest BCUT2D eigenvalue weighted by Gasteiger charge is 1.94. The lowest BCUT2D eigenvalue weighted by atomic mass is 10.1. The predicted octanol–water partition coefficient (Wildman–Crippen LogP) is 5.11. The zero-order chi connectivity index (χ0) is 12.3. The largest absolute Gasteiger partial charge is 0.494 e. The maximum absolute atomic E-state index is 5.68. The van der Waals surface area contributed by atoms with Crippen LogP contribution in [0.2, 0.25) is 0 Å². The van der Waals surface area contributed by atoms with Crippen LogP contribution in [0.15, 0.2) is 24.3 Å². The molecule has 0 bridgehead atoms. The summed E-state index contributed by atoms with van der Waals surface area (Å²) in [6.45, 7) is 2.94. The van der Waals surface area contributed by atoms with E-state index in [1.54, 1.807) is 0 Å². The monoisotopic (exact) mass is 298 g/mol. The molecule has 17 heavy (non-hydrogen) atoms. The lowest BCUT2D eigenvalue weighted by Gasteiger charge is -2.06. The zero-order valence-electron chi connectivity index (χ0n) is 10.8. The van der Waals surface area contributed by atoms with Gasteiger partial charge in [-0.15, -0.1) is 0 Å². The molecule has 0 spiro atoms. The summed E-state index contributed by atoms with van der Waals surface area (Å²) < 4.78 is 5.68. The number of rotatable bonds is 9. The highest BCUT2D eigenvalue weighted by atomic mass is 79.9. The highest BCUT2D eigenvalue weighted by Crippen LogP contribution is 2.12. The first-order chi connectivity index (χ1) is 8.33. The second-order valence-corrected chi connectivity index (χ2v) is 5.26. The molecular weight excluding hydrogens is 276 g/mol. The molecule has 1 aromatic rings. The average molecular weight is 299 g/mol. The fraction of sp³-hybridized carbons (Fsp3) is 0.600. The quantitative estimate of drug-likeness (QED) is 0.455. The third-order valence-corrected chi connectivity index (χ3v) is 3.38. The molecule has 0 N–H and O–H groups in total. The van der Waals surface area contributed by atoms with Gasteiger partial charge in [-0.25, -0.2) is 0 Å². The summed E-state index contributed by atoms with van der Waals surface area (Å²) >= 11 is 3.45. The third kappa shape index (κ3) is 7.43. The molecule has 0 amide bonds. The van der Waals surface area contributed by atoms with E-state index in [4.69, 9.17) is 4.74 Å². The predicted molar refractivity (Wildman–Crippen MR) is 78.2 cm³/mol. The van der Waals surface area contributed by atoms with E-state index in [2.05, 4.69) is 35.0 Å². The standard InChI is InChI=1S/C15H23BrO/c1-14-8-10-15(11-9-14)17-13-7-5-3-2-4-6-12-16/h8-11H,2-7,12-13H2,1H3. The van der Waals surface area contributed by atoms with Crippen LogP contribution in [-0.4, -0.2) is 11.9 Å². The van der Waals surface area contributed by atoms with Gasteiger partial charge in [0.15, 0.2) is 0 Å². The Morgan fingerprint density at radius 3 is 2.12 bits per heavy atom. The summed E-state index contributed by atoms with van der Waals surface area (Å²) in [5.41, 5.74) is 1.28. The van der Waals surface area contributed by atoms with Gasteiger partial charge in [0.1, 0.15) is 5.75 Å². The number of benzene rings is 1. The van der Waals surface area contributed by atoms with Gasteiger partial charge in [-0.1, -0.05) is 59.3 Å². The maximum Gasteiger partial charge on any atom is 0.119 e. The third-order valence-electron chi connectivity index (χ3n) is 2.82. The van der Waals surface area contributed by atoms with Crippen molar-refractivity contribution in [2.45, 2.75) is 45.4 Å². The molecule has 0 unspecified atom stereocenters. The van der Waals surface area contributed by atoms with Gasteiger partial charge in [0.2, 0.25) is 0 Å². The summed E-state index contributed by atoms with van der Waals surface area (Å²) in [6, 6.07) is 8.28. The number of hydrogen-bond donors (Lipinski definition) is 0. The molecule has 0 aliphatic carbocycles. The summed E-state index contributed by atoms with van der Waals surface area (Å²) in [7, 11) is 0. The Hall–Kier alpha value is -0.500. The molecule has 0 heterocycles. The van der Waals surface area contributed by atoms with Gasteiger partial charge in [-0.3, -0.25) is 0 Å². The topological polar surface area (TPSA) is 9.23 Å². The van der Waals surface area contributed by atoms with E-state index >= 15 is 0 Å². The van der Waals surface area contributed by atoms with Crippen LogP contribution >= 0.6 is 15.9 Å². The van der Waals surface area contributed by atoms with Gasteiger partial charge in [0, 0.05) is 5.33 Å². The fourth-order valence-corrected chi connectivity index (χ4v) is 2.12. The van der Waals surface area contributed by atoms with E-state index in [1.165, 1.54) is 44.1 Å². The minimum atomic E-state index is 0.849. The van der Waals surface area contributed by atoms with E-state index in [0.717, 1.165) is 17.7 Å². The van der Waals surface area contributed by atoms with Crippen LogP contribution in [0.5, 0.6) is 5.75 Å². The van der Waals surface area contributed by atoms with Crippen LogP contribution in [0, 0.1) is 6.92 Å². The van der Waals surface area contributed by atoms with Crippen LogP contribution in [0.25, 0.3) is 0 Å². The minimum absolute atomic E-state index is 0.849. The molecule has 0 aromatic heterocycles. The van der Waals surface area contributed by atoms with Gasteiger partial charge in [0.25, 0.3) is 0 Å². The zero-order valence-corrected chi connectivity index (χ0v) is 12.3. The first-order valence-corrected chi connectivity index (χ1v) is 7.70. The maximum atomic E-state index is 5.68.